The molecule has 2 rings (SSSR count). The zero-order chi connectivity index (χ0) is 16.1. The highest BCUT2D eigenvalue weighted by molar-refractivity contribution is 6.31. The number of quaternary nitrogens is 1. The van der Waals surface area contributed by atoms with Crippen LogP contribution in [0.25, 0.3) is 0 Å². The SMILES string of the molecule is Cc1c(Cl)ccc(OCCCC[NH+]2C[C@H](C)O[C@@H](C)C2)c1C. The van der Waals surface area contributed by atoms with Crippen molar-refractivity contribution in [2.45, 2.75) is 52.7 Å². The van der Waals surface area contributed by atoms with E-state index in [9.17, 15) is 0 Å². The first kappa shape index (κ1) is 17.6. The van der Waals surface area contributed by atoms with Crippen LogP contribution < -0.4 is 9.64 Å². The van der Waals surface area contributed by atoms with Crippen LogP contribution in [-0.2, 0) is 4.74 Å². The fourth-order valence-corrected chi connectivity index (χ4v) is 3.38. The zero-order valence-corrected chi connectivity index (χ0v) is 15.0. The summed E-state index contributed by atoms with van der Waals surface area (Å²) in [5.74, 6) is 0.961. The fraction of sp³-hybridized carbons (Fsp3) is 0.667. The lowest BCUT2D eigenvalue weighted by molar-refractivity contribution is -0.915. The number of nitrogens with one attached hydrogen (secondary N) is 1. The van der Waals surface area contributed by atoms with Gasteiger partial charge >= 0.3 is 0 Å². The van der Waals surface area contributed by atoms with Crippen molar-refractivity contribution in [3.63, 3.8) is 0 Å². The summed E-state index contributed by atoms with van der Waals surface area (Å²) < 4.78 is 11.7. The Hall–Kier alpha value is -0.770. The molecule has 4 heteroatoms. The van der Waals surface area contributed by atoms with E-state index in [1.807, 2.05) is 19.1 Å². The fourth-order valence-electron chi connectivity index (χ4n) is 3.17. The Morgan fingerprint density at radius 1 is 1.14 bits per heavy atom. The van der Waals surface area contributed by atoms with Crippen LogP contribution in [0.2, 0.25) is 5.02 Å². The molecule has 1 saturated heterocycles. The van der Waals surface area contributed by atoms with Gasteiger partial charge in [-0.25, -0.2) is 0 Å². The van der Waals surface area contributed by atoms with Crippen molar-refractivity contribution in [1.29, 1.82) is 0 Å². The Morgan fingerprint density at radius 2 is 1.82 bits per heavy atom. The van der Waals surface area contributed by atoms with E-state index in [-0.39, 0.29) is 0 Å². The van der Waals surface area contributed by atoms with Crippen LogP contribution in [0, 0.1) is 13.8 Å². The number of unbranched alkanes of at least 4 members (excludes halogenated alkanes) is 1. The smallest absolute Gasteiger partial charge is 0.122 e. The largest absolute Gasteiger partial charge is 0.493 e. The summed E-state index contributed by atoms with van der Waals surface area (Å²) in [5.41, 5.74) is 2.26. The first-order valence-corrected chi connectivity index (χ1v) is 8.72. The van der Waals surface area contributed by atoms with Gasteiger partial charge in [0.1, 0.15) is 31.0 Å². The molecule has 0 aromatic heterocycles. The molecule has 1 N–H and O–H groups in total. The van der Waals surface area contributed by atoms with Crippen molar-refractivity contribution >= 4 is 11.6 Å². The van der Waals surface area contributed by atoms with Gasteiger partial charge in [-0.3, -0.25) is 0 Å². The summed E-state index contributed by atoms with van der Waals surface area (Å²) in [4.78, 5) is 1.66. The van der Waals surface area contributed by atoms with E-state index >= 15 is 0 Å². The molecule has 0 bridgehead atoms. The second-order valence-electron chi connectivity index (χ2n) is 6.52. The van der Waals surface area contributed by atoms with E-state index in [0.717, 1.165) is 48.0 Å². The summed E-state index contributed by atoms with van der Waals surface area (Å²) in [6.45, 7) is 12.7. The minimum Gasteiger partial charge on any atom is -0.493 e. The van der Waals surface area contributed by atoms with Crippen molar-refractivity contribution in [3.05, 3.63) is 28.3 Å². The molecule has 1 aliphatic heterocycles. The Morgan fingerprint density at radius 3 is 2.50 bits per heavy atom. The predicted molar refractivity (Wildman–Crippen MR) is 91.2 cm³/mol. The predicted octanol–water partition coefficient (Wildman–Crippen LogP) is 2.81. The zero-order valence-electron chi connectivity index (χ0n) is 14.2. The highest BCUT2D eigenvalue weighted by Crippen LogP contribution is 2.27. The van der Waals surface area contributed by atoms with Gasteiger partial charge in [0.05, 0.1) is 13.2 Å². The van der Waals surface area contributed by atoms with E-state index in [1.165, 1.54) is 13.0 Å². The van der Waals surface area contributed by atoms with Gasteiger partial charge in [-0.2, -0.15) is 0 Å². The first-order valence-electron chi connectivity index (χ1n) is 8.35. The molecule has 0 radical (unpaired) electrons. The summed E-state index contributed by atoms with van der Waals surface area (Å²) in [6, 6.07) is 3.89. The molecule has 124 valence electrons. The van der Waals surface area contributed by atoms with Crippen molar-refractivity contribution in [3.8, 4) is 5.75 Å². The third kappa shape index (κ3) is 4.87. The minimum absolute atomic E-state index is 0.384. The summed E-state index contributed by atoms with van der Waals surface area (Å²) in [5, 5.41) is 0.809. The Labute approximate surface area is 139 Å². The number of halogens is 1. The quantitative estimate of drug-likeness (QED) is 0.812. The van der Waals surface area contributed by atoms with Gasteiger partial charge in [0, 0.05) is 5.02 Å². The van der Waals surface area contributed by atoms with E-state index in [2.05, 4.69) is 20.8 Å². The van der Waals surface area contributed by atoms with Crippen LogP contribution in [-0.4, -0.2) is 38.4 Å². The van der Waals surface area contributed by atoms with Gasteiger partial charge in [-0.1, -0.05) is 11.6 Å². The lowest BCUT2D eigenvalue weighted by Crippen LogP contribution is -3.15. The molecule has 1 aliphatic rings. The monoisotopic (exact) mass is 326 g/mol. The third-order valence-corrected chi connectivity index (χ3v) is 4.88. The summed E-state index contributed by atoms with van der Waals surface area (Å²) >= 11 is 6.11. The second-order valence-corrected chi connectivity index (χ2v) is 6.92. The molecular formula is C18H29ClNO2+. The molecule has 0 unspecified atom stereocenters. The normalized spacial score (nSPS) is 25.2. The summed E-state index contributed by atoms with van der Waals surface area (Å²) in [7, 11) is 0. The van der Waals surface area contributed by atoms with E-state index in [1.54, 1.807) is 4.90 Å². The van der Waals surface area contributed by atoms with Crippen LogP contribution in [0.15, 0.2) is 12.1 Å². The molecule has 0 saturated carbocycles. The molecular weight excluding hydrogens is 298 g/mol. The Kier molecular flexibility index (Phi) is 6.54. The topological polar surface area (TPSA) is 22.9 Å². The molecule has 1 aromatic carbocycles. The molecule has 0 amide bonds. The van der Waals surface area contributed by atoms with Crippen LogP contribution >= 0.6 is 11.6 Å². The van der Waals surface area contributed by atoms with Gasteiger partial charge in [-0.15, -0.1) is 0 Å². The second kappa shape index (κ2) is 8.19. The van der Waals surface area contributed by atoms with Crippen molar-refractivity contribution in [2.24, 2.45) is 0 Å². The molecule has 1 fully saturated rings. The standard InChI is InChI=1S/C18H28ClNO2/c1-13-11-20(12-14(2)22-13)9-5-6-10-21-18-8-7-17(19)15(3)16(18)4/h7-8,13-14H,5-6,9-12H2,1-4H3/p+1/t13-,14-/m0/s1. The van der Waals surface area contributed by atoms with Gasteiger partial charge in [0.25, 0.3) is 0 Å². The van der Waals surface area contributed by atoms with Crippen LogP contribution in [0.3, 0.4) is 0 Å². The van der Waals surface area contributed by atoms with Gasteiger partial charge in [-0.05, 0) is 63.8 Å². The first-order chi connectivity index (χ1) is 10.5. The maximum Gasteiger partial charge on any atom is 0.122 e. The van der Waals surface area contributed by atoms with Gasteiger partial charge < -0.3 is 14.4 Å². The summed E-state index contributed by atoms with van der Waals surface area (Å²) in [6.07, 6.45) is 3.05. The molecule has 22 heavy (non-hydrogen) atoms. The number of rotatable bonds is 6. The van der Waals surface area contributed by atoms with Crippen molar-refractivity contribution in [2.75, 3.05) is 26.2 Å². The highest BCUT2D eigenvalue weighted by Gasteiger charge is 2.24. The number of ether oxygens (including phenoxy) is 2. The number of benzene rings is 1. The van der Waals surface area contributed by atoms with E-state index in [4.69, 9.17) is 21.1 Å². The minimum atomic E-state index is 0.384. The lowest BCUT2D eigenvalue weighted by atomic mass is 10.1. The third-order valence-electron chi connectivity index (χ3n) is 4.47. The number of morpholine rings is 1. The van der Waals surface area contributed by atoms with Crippen molar-refractivity contribution < 1.29 is 14.4 Å². The van der Waals surface area contributed by atoms with Gasteiger partial charge in [0.2, 0.25) is 0 Å². The van der Waals surface area contributed by atoms with Crippen LogP contribution in [0.4, 0.5) is 0 Å². The van der Waals surface area contributed by atoms with Crippen LogP contribution in [0.5, 0.6) is 5.75 Å². The average Bonchev–Trinajstić information content (AvgIpc) is 2.45. The van der Waals surface area contributed by atoms with E-state index < -0.39 is 0 Å². The molecule has 1 aromatic rings. The molecule has 1 heterocycles. The molecule has 0 aliphatic carbocycles. The number of hydrogen-bond acceptors (Lipinski definition) is 2. The van der Waals surface area contributed by atoms with E-state index in [0.29, 0.717) is 12.2 Å². The Bertz CT molecular complexity index is 482. The molecule has 3 nitrogen and oxygen atoms in total. The number of hydrogen-bond donors (Lipinski definition) is 1. The molecule has 2 atom stereocenters. The van der Waals surface area contributed by atoms with Gasteiger partial charge in [0.15, 0.2) is 0 Å². The highest BCUT2D eigenvalue weighted by atomic mass is 35.5. The average molecular weight is 327 g/mol. The molecule has 0 spiro atoms. The van der Waals surface area contributed by atoms with Crippen molar-refractivity contribution in [1.82, 2.24) is 0 Å². The maximum absolute atomic E-state index is 6.11. The Balaban J connectivity index is 1.68. The lowest BCUT2D eigenvalue weighted by Gasteiger charge is -2.32. The van der Waals surface area contributed by atoms with Crippen LogP contribution in [0.1, 0.15) is 37.8 Å². The maximum atomic E-state index is 6.11.